The molecule has 0 radical (unpaired) electrons. The molecular weight excluding hydrogens is 244 g/mol. The van der Waals surface area contributed by atoms with E-state index in [4.69, 9.17) is 9.84 Å². The molecule has 1 N–H and O–H groups in total. The topological polar surface area (TPSA) is 63.6 Å². The molecule has 2 rings (SSSR count). The van der Waals surface area contributed by atoms with Gasteiger partial charge in [0, 0.05) is 12.3 Å². The Bertz CT molecular complexity index is 398. The third-order valence-corrected chi connectivity index (χ3v) is 3.45. The lowest BCUT2D eigenvalue weighted by atomic mass is 9.60. The van der Waals surface area contributed by atoms with Gasteiger partial charge in [-0.05, 0) is 6.42 Å². The molecule has 104 valence electrons. The second-order valence-corrected chi connectivity index (χ2v) is 5.20. The Kier molecular flexibility index (Phi) is 5.10. The molecule has 1 aliphatic carbocycles. The first-order valence-electron chi connectivity index (χ1n) is 6.25. The molecule has 2 atom stereocenters. The molecule has 0 bridgehead atoms. The summed E-state index contributed by atoms with van der Waals surface area (Å²) in [5, 5.41) is 8.78. The molecule has 19 heavy (non-hydrogen) atoms. The number of ether oxygens (including phenoxy) is 1. The van der Waals surface area contributed by atoms with Gasteiger partial charge in [0.05, 0.1) is 5.92 Å². The third kappa shape index (κ3) is 4.09. The van der Waals surface area contributed by atoms with Crippen LogP contribution in [0.5, 0.6) is 0 Å². The molecule has 0 aliphatic heterocycles. The first kappa shape index (κ1) is 15.2. The van der Waals surface area contributed by atoms with E-state index < -0.39 is 17.3 Å². The molecule has 1 aromatic rings. The molecule has 0 heterocycles. The van der Waals surface area contributed by atoms with Crippen molar-refractivity contribution >= 4 is 11.9 Å². The van der Waals surface area contributed by atoms with Crippen molar-refractivity contribution in [3.8, 4) is 0 Å². The Labute approximate surface area is 113 Å². The highest BCUT2D eigenvalue weighted by Crippen LogP contribution is 2.48. The number of hydrogen-bond acceptors (Lipinski definition) is 3. The van der Waals surface area contributed by atoms with E-state index in [-0.39, 0.29) is 12.1 Å². The number of carbonyl (C=O) groups excluding carboxylic acids is 1. The molecule has 4 heteroatoms. The molecule has 0 saturated heterocycles. The summed E-state index contributed by atoms with van der Waals surface area (Å²) < 4.78 is 4.98. The molecule has 1 fully saturated rings. The lowest BCUT2D eigenvalue weighted by Crippen LogP contribution is -2.54. The summed E-state index contributed by atoms with van der Waals surface area (Å²) in [5.74, 6) is -1.55. The zero-order valence-corrected chi connectivity index (χ0v) is 11.5. The lowest BCUT2D eigenvalue weighted by molar-refractivity contribution is -0.187. The summed E-state index contributed by atoms with van der Waals surface area (Å²) in [6.07, 6.45) is 0.188. The number of rotatable bonds is 2. The minimum absolute atomic E-state index is 0.244. The summed E-state index contributed by atoms with van der Waals surface area (Å²) in [6.45, 7) is 4.95. The lowest BCUT2D eigenvalue weighted by Gasteiger charge is -2.48. The van der Waals surface area contributed by atoms with Crippen LogP contribution in [0.25, 0.3) is 0 Å². The molecule has 1 aliphatic rings. The Morgan fingerprint density at radius 3 is 1.79 bits per heavy atom. The molecule has 0 spiro atoms. The Balaban J connectivity index is 0.000000250. The van der Waals surface area contributed by atoms with Crippen molar-refractivity contribution < 1.29 is 19.4 Å². The van der Waals surface area contributed by atoms with Gasteiger partial charge in [-0.3, -0.25) is 9.59 Å². The minimum Gasteiger partial charge on any atom is -0.481 e. The van der Waals surface area contributed by atoms with Gasteiger partial charge in [-0.1, -0.05) is 50.2 Å². The summed E-state index contributed by atoms with van der Waals surface area (Å²) >= 11 is 0. The predicted molar refractivity (Wildman–Crippen MR) is 71.5 cm³/mol. The first-order chi connectivity index (χ1) is 8.85. The van der Waals surface area contributed by atoms with Crippen molar-refractivity contribution in [2.75, 3.05) is 0 Å². The average molecular weight is 264 g/mol. The summed E-state index contributed by atoms with van der Waals surface area (Å²) in [6, 6.07) is 12.0. The van der Waals surface area contributed by atoms with Gasteiger partial charge in [0.1, 0.15) is 6.10 Å². The SMILES string of the molecule is CC(=O)O[C@@H]1C[C@H](C(=O)O)C1(C)C.c1ccccc1. The summed E-state index contributed by atoms with van der Waals surface area (Å²) in [7, 11) is 0. The van der Waals surface area contributed by atoms with Gasteiger partial charge < -0.3 is 9.84 Å². The molecule has 0 aromatic heterocycles. The summed E-state index contributed by atoms with van der Waals surface area (Å²) in [4.78, 5) is 21.3. The van der Waals surface area contributed by atoms with E-state index >= 15 is 0 Å². The van der Waals surface area contributed by atoms with Gasteiger partial charge in [-0.2, -0.15) is 0 Å². The highest BCUT2D eigenvalue weighted by molar-refractivity contribution is 5.73. The molecule has 0 unspecified atom stereocenters. The van der Waals surface area contributed by atoms with Crippen LogP contribution in [0.1, 0.15) is 27.2 Å². The van der Waals surface area contributed by atoms with Crippen LogP contribution in [0.3, 0.4) is 0 Å². The van der Waals surface area contributed by atoms with Gasteiger partial charge in [-0.25, -0.2) is 0 Å². The number of benzene rings is 1. The van der Waals surface area contributed by atoms with Gasteiger partial charge in [0.2, 0.25) is 0 Å². The largest absolute Gasteiger partial charge is 0.481 e. The number of carboxylic acid groups (broad SMARTS) is 1. The molecule has 4 nitrogen and oxygen atoms in total. The maximum atomic E-state index is 10.7. The second kappa shape index (κ2) is 6.36. The van der Waals surface area contributed by atoms with Crippen molar-refractivity contribution in [2.45, 2.75) is 33.3 Å². The van der Waals surface area contributed by atoms with Gasteiger partial charge in [-0.15, -0.1) is 0 Å². The zero-order valence-electron chi connectivity index (χ0n) is 11.5. The van der Waals surface area contributed by atoms with Gasteiger partial charge in [0.25, 0.3) is 0 Å². The van der Waals surface area contributed by atoms with E-state index in [1.54, 1.807) is 0 Å². The van der Waals surface area contributed by atoms with Crippen LogP contribution >= 0.6 is 0 Å². The van der Waals surface area contributed by atoms with Crippen molar-refractivity contribution in [1.29, 1.82) is 0 Å². The molecule has 1 aromatic carbocycles. The van der Waals surface area contributed by atoms with Crippen LogP contribution in [-0.2, 0) is 14.3 Å². The Hall–Kier alpha value is -1.84. The third-order valence-electron chi connectivity index (χ3n) is 3.45. The highest BCUT2D eigenvalue weighted by atomic mass is 16.5. The molecule has 0 amide bonds. The van der Waals surface area contributed by atoms with Crippen LogP contribution in [0.4, 0.5) is 0 Å². The van der Waals surface area contributed by atoms with Crippen LogP contribution in [0.2, 0.25) is 0 Å². The normalized spacial score (nSPS) is 23.3. The number of carbonyl (C=O) groups is 2. The van der Waals surface area contributed by atoms with Crippen LogP contribution in [0.15, 0.2) is 36.4 Å². The number of carboxylic acids is 1. The fourth-order valence-corrected chi connectivity index (χ4v) is 2.09. The van der Waals surface area contributed by atoms with E-state index in [0.29, 0.717) is 6.42 Å². The summed E-state index contributed by atoms with van der Waals surface area (Å²) in [5.41, 5.74) is -0.433. The van der Waals surface area contributed by atoms with Crippen molar-refractivity contribution in [2.24, 2.45) is 11.3 Å². The maximum Gasteiger partial charge on any atom is 0.307 e. The van der Waals surface area contributed by atoms with Crippen molar-refractivity contribution in [3.63, 3.8) is 0 Å². The second-order valence-electron chi connectivity index (χ2n) is 5.20. The molecule has 1 saturated carbocycles. The van der Waals surface area contributed by atoms with Gasteiger partial charge >= 0.3 is 11.9 Å². The number of aliphatic carboxylic acids is 1. The van der Waals surface area contributed by atoms with Crippen molar-refractivity contribution in [3.05, 3.63) is 36.4 Å². The quantitative estimate of drug-likeness (QED) is 0.834. The van der Waals surface area contributed by atoms with E-state index in [0.717, 1.165) is 0 Å². The minimum atomic E-state index is -0.812. The fraction of sp³-hybridized carbons (Fsp3) is 0.467. The maximum absolute atomic E-state index is 10.7. The number of esters is 1. The van der Waals surface area contributed by atoms with Crippen molar-refractivity contribution in [1.82, 2.24) is 0 Å². The van der Waals surface area contributed by atoms with E-state index in [2.05, 4.69) is 0 Å². The number of hydrogen-bond donors (Lipinski definition) is 1. The first-order valence-corrected chi connectivity index (χ1v) is 6.25. The van der Waals surface area contributed by atoms with E-state index in [1.165, 1.54) is 6.92 Å². The fourth-order valence-electron chi connectivity index (χ4n) is 2.09. The van der Waals surface area contributed by atoms with Crippen LogP contribution in [-0.4, -0.2) is 23.1 Å². The Morgan fingerprint density at radius 1 is 1.11 bits per heavy atom. The van der Waals surface area contributed by atoms with E-state index in [9.17, 15) is 9.59 Å². The molecular formula is C15H20O4. The van der Waals surface area contributed by atoms with E-state index in [1.807, 2.05) is 50.2 Å². The monoisotopic (exact) mass is 264 g/mol. The van der Waals surface area contributed by atoms with Crippen LogP contribution < -0.4 is 0 Å². The zero-order chi connectivity index (χ0) is 14.5. The average Bonchev–Trinajstić information content (AvgIpc) is 2.36. The predicted octanol–water partition coefficient (Wildman–Crippen LogP) is 2.74. The van der Waals surface area contributed by atoms with Gasteiger partial charge in [0.15, 0.2) is 0 Å². The highest BCUT2D eigenvalue weighted by Gasteiger charge is 2.54. The van der Waals surface area contributed by atoms with Crippen LogP contribution in [0, 0.1) is 11.3 Å². The smallest absolute Gasteiger partial charge is 0.307 e. The standard InChI is InChI=1S/C9H14O4.C6H6/c1-5(10)13-7-4-6(8(11)12)9(7,2)3;1-2-4-6-5-3-1/h6-7H,4H2,1-3H3,(H,11,12);1-6H/t6-,7-;/m1./s1. The Morgan fingerprint density at radius 2 is 1.53 bits per heavy atom.